The Morgan fingerprint density at radius 2 is 1.60 bits per heavy atom. The Hall–Kier alpha value is -1.38. The van der Waals surface area contributed by atoms with Gasteiger partial charge in [0.25, 0.3) is 0 Å². The Kier molecular flexibility index (Phi) is 5.57. The molecule has 0 aliphatic carbocycles. The largest absolute Gasteiger partial charge is 0.387 e. The van der Waals surface area contributed by atoms with Crippen molar-refractivity contribution in [3.8, 4) is 0 Å². The van der Waals surface area contributed by atoms with Crippen LogP contribution in [-0.2, 0) is 0 Å². The highest BCUT2D eigenvalue weighted by atomic mass is 16.3. The van der Waals surface area contributed by atoms with Gasteiger partial charge in [-0.15, -0.1) is 0 Å². The summed E-state index contributed by atoms with van der Waals surface area (Å²) in [6.07, 6.45) is 1.85. The highest BCUT2D eigenvalue weighted by molar-refractivity contribution is 5.83. The van der Waals surface area contributed by atoms with Crippen LogP contribution >= 0.6 is 0 Å². The van der Waals surface area contributed by atoms with Crippen molar-refractivity contribution in [1.29, 1.82) is 0 Å². The van der Waals surface area contributed by atoms with Crippen molar-refractivity contribution >= 4 is 10.8 Å². The lowest BCUT2D eigenvalue weighted by Crippen LogP contribution is -2.30. The molecule has 1 atom stereocenters. The maximum Gasteiger partial charge on any atom is 0.0917 e. The summed E-state index contributed by atoms with van der Waals surface area (Å²) in [6.45, 7) is 7.20. The molecular weight excluding hydrogens is 246 g/mol. The van der Waals surface area contributed by atoms with Crippen LogP contribution in [0.25, 0.3) is 10.8 Å². The van der Waals surface area contributed by atoms with E-state index in [4.69, 9.17) is 0 Å². The number of benzene rings is 2. The number of hydrogen-bond acceptors (Lipinski definition) is 2. The Balaban J connectivity index is 2.11. The first kappa shape index (κ1) is 15.0. The van der Waals surface area contributed by atoms with Gasteiger partial charge in [-0.3, -0.25) is 0 Å². The standard InChI is InChI=1S/C18H25NO/c1-3-11-19(12-4-2)14-18(20)17-10-9-15-7-5-6-8-16(15)13-17/h5-10,13,18,20H,3-4,11-12,14H2,1-2H3. The molecule has 0 aliphatic rings. The summed E-state index contributed by atoms with van der Waals surface area (Å²) >= 11 is 0. The molecule has 2 heteroatoms. The third-order valence-corrected chi connectivity index (χ3v) is 3.67. The van der Waals surface area contributed by atoms with Gasteiger partial charge in [0.15, 0.2) is 0 Å². The molecule has 2 aromatic carbocycles. The zero-order valence-electron chi connectivity index (χ0n) is 12.5. The molecular formula is C18H25NO. The van der Waals surface area contributed by atoms with Crippen LogP contribution in [0.2, 0.25) is 0 Å². The van der Waals surface area contributed by atoms with E-state index in [-0.39, 0.29) is 0 Å². The molecule has 2 aromatic rings. The maximum atomic E-state index is 10.5. The van der Waals surface area contributed by atoms with Crippen LogP contribution in [0.3, 0.4) is 0 Å². The van der Waals surface area contributed by atoms with E-state index in [0.717, 1.165) is 38.0 Å². The number of nitrogens with zero attached hydrogens (tertiary/aromatic N) is 1. The zero-order chi connectivity index (χ0) is 14.4. The first-order chi connectivity index (χ1) is 9.74. The highest BCUT2D eigenvalue weighted by Gasteiger charge is 2.12. The average molecular weight is 271 g/mol. The molecule has 1 unspecified atom stereocenters. The van der Waals surface area contributed by atoms with Gasteiger partial charge in [0.05, 0.1) is 6.10 Å². The van der Waals surface area contributed by atoms with Gasteiger partial charge >= 0.3 is 0 Å². The lowest BCUT2D eigenvalue weighted by Gasteiger charge is -2.24. The van der Waals surface area contributed by atoms with Gasteiger partial charge in [-0.2, -0.15) is 0 Å². The quantitative estimate of drug-likeness (QED) is 0.823. The molecule has 0 heterocycles. The van der Waals surface area contributed by atoms with E-state index in [0.29, 0.717) is 0 Å². The van der Waals surface area contributed by atoms with E-state index in [1.165, 1.54) is 10.8 Å². The molecule has 0 aliphatic heterocycles. The molecule has 1 N–H and O–H groups in total. The Bertz CT molecular complexity index is 532. The maximum absolute atomic E-state index is 10.5. The smallest absolute Gasteiger partial charge is 0.0917 e. The summed E-state index contributed by atoms with van der Waals surface area (Å²) in [5, 5.41) is 12.9. The van der Waals surface area contributed by atoms with Crippen molar-refractivity contribution in [2.24, 2.45) is 0 Å². The summed E-state index contributed by atoms with van der Waals surface area (Å²) in [4.78, 5) is 2.35. The van der Waals surface area contributed by atoms with Gasteiger partial charge in [0, 0.05) is 6.54 Å². The fourth-order valence-corrected chi connectivity index (χ4v) is 2.69. The Labute approximate surface area is 122 Å². The number of hydrogen-bond donors (Lipinski definition) is 1. The number of fused-ring (bicyclic) bond motifs is 1. The molecule has 0 saturated carbocycles. The van der Waals surface area contributed by atoms with Crippen LogP contribution in [0.15, 0.2) is 42.5 Å². The molecule has 0 amide bonds. The normalized spacial score (nSPS) is 13.0. The van der Waals surface area contributed by atoms with Gasteiger partial charge in [0.2, 0.25) is 0 Å². The number of aliphatic hydroxyl groups excluding tert-OH is 1. The summed E-state index contributed by atoms with van der Waals surface area (Å²) in [5.74, 6) is 0. The molecule has 0 radical (unpaired) electrons. The highest BCUT2D eigenvalue weighted by Crippen LogP contribution is 2.21. The van der Waals surface area contributed by atoms with Crippen LogP contribution < -0.4 is 0 Å². The van der Waals surface area contributed by atoms with E-state index in [2.05, 4.69) is 43.0 Å². The van der Waals surface area contributed by atoms with Crippen molar-refractivity contribution in [2.45, 2.75) is 32.8 Å². The van der Waals surface area contributed by atoms with Crippen LogP contribution in [0, 0.1) is 0 Å². The minimum Gasteiger partial charge on any atom is -0.387 e. The molecule has 0 saturated heterocycles. The predicted molar refractivity (Wildman–Crippen MR) is 85.9 cm³/mol. The SMILES string of the molecule is CCCN(CCC)CC(O)c1ccc2ccccc2c1. The topological polar surface area (TPSA) is 23.5 Å². The number of rotatable bonds is 7. The van der Waals surface area contributed by atoms with Gasteiger partial charge in [-0.25, -0.2) is 0 Å². The predicted octanol–water partition coefficient (Wildman–Crippen LogP) is 4.00. The molecule has 2 nitrogen and oxygen atoms in total. The molecule has 0 fully saturated rings. The van der Waals surface area contributed by atoms with Crippen molar-refractivity contribution in [1.82, 2.24) is 4.90 Å². The summed E-state index contributed by atoms with van der Waals surface area (Å²) in [6, 6.07) is 14.5. The molecule has 0 bridgehead atoms. The van der Waals surface area contributed by atoms with E-state index in [9.17, 15) is 5.11 Å². The molecule has 2 rings (SSSR count). The third-order valence-electron chi connectivity index (χ3n) is 3.67. The third kappa shape index (κ3) is 3.81. The van der Waals surface area contributed by atoms with E-state index in [1.54, 1.807) is 0 Å². The van der Waals surface area contributed by atoms with Gasteiger partial charge in [0.1, 0.15) is 0 Å². The first-order valence-electron chi connectivity index (χ1n) is 7.63. The van der Waals surface area contributed by atoms with Crippen LogP contribution in [0.5, 0.6) is 0 Å². The Morgan fingerprint density at radius 3 is 2.25 bits per heavy atom. The molecule has 108 valence electrons. The van der Waals surface area contributed by atoms with Crippen LogP contribution in [0.1, 0.15) is 38.4 Å². The monoisotopic (exact) mass is 271 g/mol. The van der Waals surface area contributed by atoms with Crippen molar-refractivity contribution in [3.63, 3.8) is 0 Å². The lowest BCUT2D eigenvalue weighted by atomic mass is 10.0. The fourth-order valence-electron chi connectivity index (χ4n) is 2.69. The number of aliphatic hydroxyl groups is 1. The van der Waals surface area contributed by atoms with Gasteiger partial charge in [-0.05, 0) is 48.3 Å². The first-order valence-corrected chi connectivity index (χ1v) is 7.63. The van der Waals surface area contributed by atoms with Crippen molar-refractivity contribution in [3.05, 3.63) is 48.0 Å². The second-order valence-electron chi connectivity index (χ2n) is 5.42. The summed E-state index contributed by atoms with van der Waals surface area (Å²) < 4.78 is 0. The Morgan fingerprint density at radius 1 is 0.950 bits per heavy atom. The van der Waals surface area contributed by atoms with Crippen molar-refractivity contribution in [2.75, 3.05) is 19.6 Å². The second-order valence-corrected chi connectivity index (χ2v) is 5.42. The van der Waals surface area contributed by atoms with E-state index in [1.807, 2.05) is 18.2 Å². The van der Waals surface area contributed by atoms with Gasteiger partial charge in [-0.1, -0.05) is 50.2 Å². The van der Waals surface area contributed by atoms with E-state index >= 15 is 0 Å². The summed E-state index contributed by atoms with van der Waals surface area (Å²) in [5.41, 5.74) is 1.01. The average Bonchev–Trinajstić information content (AvgIpc) is 2.47. The molecule has 0 aromatic heterocycles. The van der Waals surface area contributed by atoms with Gasteiger partial charge < -0.3 is 10.0 Å². The fraction of sp³-hybridized carbons (Fsp3) is 0.444. The lowest BCUT2D eigenvalue weighted by molar-refractivity contribution is 0.113. The summed E-state index contributed by atoms with van der Waals surface area (Å²) in [7, 11) is 0. The minimum absolute atomic E-state index is 0.405. The van der Waals surface area contributed by atoms with Crippen LogP contribution in [-0.4, -0.2) is 29.6 Å². The van der Waals surface area contributed by atoms with E-state index < -0.39 is 6.10 Å². The zero-order valence-corrected chi connectivity index (χ0v) is 12.5. The second kappa shape index (κ2) is 7.41. The minimum atomic E-state index is -0.405. The van der Waals surface area contributed by atoms with Crippen molar-refractivity contribution < 1.29 is 5.11 Å². The molecule has 0 spiro atoms. The molecule has 20 heavy (non-hydrogen) atoms. The van der Waals surface area contributed by atoms with Crippen LogP contribution in [0.4, 0.5) is 0 Å².